The number of hydrogen-bond donors (Lipinski definition) is 2. The lowest BCUT2D eigenvalue weighted by Crippen LogP contribution is -2.11. The van der Waals surface area contributed by atoms with Crippen molar-refractivity contribution in [2.45, 2.75) is 20.3 Å². The molecule has 3 N–H and O–H groups in total. The van der Waals surface area contributed by atoms with Crippen LogP contribution < -0.4 is 21.7 Å². The smallest absolute Gasteiger partial charge is 0.342 e. The summed E-state index contributed by atoms with van der Waals surface area (Å²) in [6.45, 7) is 4.17. The van der Waals surface area contributed by atoms with Crippen molar-refractivity contribution >= 4 is 45.1 Å². The summed E-state index contributed by atoms with van der Waals surface area (Å²) >= 11 is 11.7. The van der Waals surface area contributed by atoms with E-state index < -0.39 is 11.3 Å². The van der Waals surface area contributed by atoms with Crippen molar-refractivity contribution in [2.24, 2.45) is 5.73 Å². The van der Waals surface area contributed by atoms with E-state index in [1.165, 1.54) is 6.92 Å². The van der Waals surface area contributed by atoms with Gasteiger partial charge in [0.2, 0.25) is 0 Å². The molecule has 32 heavy (non-hydrogen) atoms. The summed E-state index contributed by atoms with van der Waals surface area (Å²) in [4.78, 5) is 22.8. The van der Waals surface area contributed by atoms with Crippen molar-refractivity contribution in [1.29, 1.82) is 0 Å². The quantitative estimate of drug-likeness (QED) is 0.315. The second-order valence-electron chi connectivity index (χ2n) is 6.98. The van der Waals surface area contributed by atoms with Gasteiger partial charge in [-0.2, -0.15) is 0 Å². The molecule has 0 aliphatic heterocycles. The summed E-state index contributed by atoms with van der Waals surface area (Å²) in [6, 6.07) is 9.77. The SMILES string of the molecule is Cc1c(O)c2cc(Cl)ccc2oc1=O.Cc1c(OCCCN)c2cc(Cl)ccc2oc1=O. The van der Waals surface area contributed by atoms with Crippen LogP contribution in [-0.2, 0) is 0 Å². The Hall–Kier alpha value is -3.00. The standard InChI is InChI=1S/C13H14ClNO3.C10H7ClO3/c1-8-12(17-6-2-5-15)10-7-9(14)3-4-11(10)18-13(8)16;1-5-9(12)7-4-6(11)2-3-8(7)14-10(5)13/h3-4,7H,2,5-6,15H2,1H3;2-4,12H,1H3. The van der Waals surface area contributed by atoms with E-state index in [0.717, 1.165) is 6.42 Å². The van der Waals surface area contributed by atoms with Crippen LogP contribution in [0.3, 0.4) is 0 Å². The molecule has 7 nitrogen and oxygen atoms in total. The van der Waals surface area contributed by atoms with Gasteiger partial charge in [0.05, 0.1) is 28.5 Å². The van der Waals surface area contributed by atoms with Gasteiger partial charge < -0.3 is 24.4 Å². The Labute approximate surface area is 192 Å². The molecule has 2 heterocycles. The van der Waals surface area contributed by atoms with Crippen LogP contribution in [-0.4, -0.2) is 18.3 Å². The van der Waals surface area contributed by atoms with Gasteiger partial charge in [-0.25, -0.2) is 9.59 Å². The Bertz CT molecular complexity index is 1390. The molecule has 9 heteroatoms. The Morgan fingerprint density at radius 2 is 1.44 bits per heavy atom. The van der Waals surface area contributed by atoms with Crippen molar-refractivity contribution < 1.29 is 18.7 Å². The maximum atomic E-state index is 11.7. The van der Waals surface area contributed by atoms with Crippen molar-refractivity contribution in [2.75, 3.05) is 13.2 Å². The van der Waals surface area contributed by atoms with Crippen molar-refractivity contribution in [3.8, 4) is 11.5 Å². The maximum absolute atomic E-state index is 11.7. The Morgan fingerprint density at radius 3 is 2.03 bits per heavy atom. The lowest BCUT2D eigenvalue weighted by molar-refractivity contribution is 0.312. The molecule has 4 aromatic rings. The summed E-state index contributed by atoms with van der Waals surface area (Å²) < 4.78 is 15.8. The maximum Gasteiger partial charge on any atom is 0.342 e. The number of aromatic hydroxyl groups is 1. The minimum atomic E-state index is -0.530. The van der Waals surface area contributed by atoms with Gasteiger partial charge in [0.25, 0.3) is 0 Å². The van der Waals surface area contributed by atoms with Crippen LogP contribution in [0.25, 0.3) is 21.9 Å². The monoisotopic (exact) mass is 477 g/mol. The van der Waals surface area contributed by atoms with E-state index in [9.17, 15) is 14.7 Å². The van der Waals surface area contributed by atoms with Crippen molar-refractivity contribution in [3.05, 3.63) is 78.4 Å². The first kappa shape index (κ1) is 23.7. The predicted molar refractivity (Wildman–Crippen MR) is 125 cm³/mol. The highest BCUT2D eigenvalue weighted by molar-refractivity contribution is 6.31. The predicted octanol–water partition coefficient (Wildman–Crippen LogP) is 4.94. The van der Waals surface area contributed by atoms with Crippen LogP contribution in [0.1, 0.15) is 17.5 Å². The largest absolute Gasteiger partial charge is 0.507 e. The molecule has 0 fully saturated rings. The molecule has 0 amide bonds. The van der Waals surface area contributed by atoms with Gasteiger partial charge in [-0.05, 0) is 63.2 Å². The first-order chi connectivity index (χ1) is 15.2. The molecular formula is C23H21Cl2NO6. The molecule has 2 aromatic heterocycles. The molecule has 0 saturated carbocycles. The molecule has 4 rings (SSSR count). The van der Waals surface area contributed by atoms with Gasteiger partial charge >= 0.3 is 11.3 Å². The van der Waals surface area contributed by atoms with Crippen LogP contribution in [0.15, 0.2) is 54.8 Å². The normalized spacial score (nSPS) is 10.8. The van der Waals surface area contributed by atoms with Crippen LogP contribution in [0.4, 0.5) is 0 Å². The van der Waals surface area contributed by atoms with Gasteiger partial charge in [-0.15, -0.1) is 0 Å². The number of ether oxygens (including phenoxy) is 1. The van der Waals surface area contributed by atoms with Gasteiger partial charge in [0.1, 0.15) is 22.7 Å². The number of halogens is 2. The third-order valence-electron chi connectivity index (χ3n) is 4.69. The van der Waals surface area contributed by atoms with Crippen LogP contribution in [0.2, 0.25) is 10.0 Å². The second-order valence-corrected chi connectivity index (χ2v) is 7.85. The average Bonchev–Trinajstić information content (AvgIpc) is 2.76. The Balaban J connectivity index is 0.000000186. The highest BCUT2D eigenvalue weighted by atomic mass is 35.5. The van der Waals surface area contributed by atoms with Gasteiger partial charge in [0.15, 0.2) is 0 Å². The summed E-state index contributed by atoms with van der Waals surface area (Å²) in [5.74, 6) is 0.455. The van der Waals surface area contributed by atoms with Crippen LogP contribution >= 0.6 is 23.2 Å². The van der Waals surface area contributed by atoms with Gasteiger partial charge in [-0.3, -0.25) is 0 Å². The Kier molecular flexibility index (Phi) is 7.45. The number of fused-ring (bicyclic) bond motifs is 2. The zero-order valence-electron chi connectivity index (χ0n) is 17.4. The summed E-state index contributed by atoms with van der Waals surface area (Å²) in [5.41, 5.74) is 5.94. The first-order valence-electron chi connectivity index (χ1n) is 9.70. The van der Waals surface area contributed by atoms with E-state index in [-0.39, 0.29) is 11.3 Å². The summed E-state index contributed by atoms with van der Waals surface area (Å²) in [5, 5.41) is 11.9. The molecule has 168 valence electrons. The second kappa shape index (κ2) is 10.1. The number of benzene rings is 2. The lowest BCUT2D eigenvalue weighted by atomic mass is 10.1. The van der Waals surface area contributed by atoms with E-state index >= 15 is 0 Å². The third-order valence-corrected chi connectivity index (χ3v) is 5.16. The first-order valence-corrected chi connectivity index (χ1v) is 10.5. The molecule has 0 aliphatic rings. The zero-order valence-corrected chi connectivity index (χ0v) is 18.9. The van der Waals surface area contributed by atoms with Crippen LogP contribution in [0, 0.1) is 13.8 Å². The third kappa shape index (κ3) is 5.07. The fourth-order valence-electron chi connectivity index (χ4n) is 2.93. The summed E-state index contributed by atoms with van der Waals surface area (Å²) in [7, 11) is 0. The molecule has 0 unspecified atom stereocenters. The number of hydrogen-bond acceptors (Lipinski definition) is 7. The number of rotatable bonds is 4. The van der Waals surface area contributed by atoms with E-state index in [0.29, 0.717) is 56.4 Å². The molecule has 0 radical (unpaired) electrons. The lowest BCUT2D eigenvalue weighted by Gasteiger charge is -2.10. The topological polar surface area (TPSA) is 116 Å². The van der Waals surface area contributed by atoms with Crippen molar-refractivity contribution in [3.63, 3.8) is 0 Å². The zero-order chi connectivity index (χ0) is 23.4. The van der Waals surface area contributed by atoms with E-state index in [1.807, 2.05) is 0 Å². The molecule has 0 atom stereocenters. The Morgan fingerprint density at radius 1 is 0.906 bits per heavy atom. The highest BCUT2D eigenvalue weighted by Gasteiger charge is 2.13. The van der Waals surface area contributed by atoms with Gasteiger partial charge in [0, 0.05) is 10.0 Å². The molecule has 0 spiro atoms. The molecule has 0 saturated heterocycles. The van der Waals surface area contributed by atoms with Crippen molar-refractivity contribution in [1.82, 2.24) is 0 Å². The fourth-order valence-corrected chi connectivity index (χ4v) is 3.28. The minimum Gasteiger partial charge on any atom is -0.507 e. The van der Waals surface area contributed by atoms with Gasteiger partial charge in [-0.1, -0.05) is 23.2 Å². The fraction of sp³-hybridized carbons (Fsp3) is 0.217. The number of nitrogens with two attached hydrogens (primary N) is 1. The average molecular weight is 478 g/mol. The molecule has 0 aliphatic carbocycles. The molecule has 0 bridgehead atoms. The van der Waals surface area contributed by atoms with Crippen LogP contribution in [0.5, 0.6) is 11.5 Å². The van der Waals surface area contributed by atoms with E-state index in [2.05, 4.69) is 0 Å². The minimum absolute atomic E-state index is 0.0706. The highest BCUT2D eigenvalue weighted by Crippen LogP contribution is 2.30. The summed E-state index contributed by atoms with van der Waals surface area (Å²) in [6.07, 6.45) is 0.724. The molecule has 2 aromatic carbocycles. The van der Waals surface area contributed by atoms with E-state index in [4.69, 9.17) is 42.5 Å². The van der Waals surface area contributed by atoms with E-state index in [1.54, 1.807) is 43.3 Å². The molecular weight excluding hydrogens is 457 g/mol.